The van der Waals surface area contributed by atoms with Gasteiger partial charge in [-0.25, -0.2) is 0 Å². The van der Waals surface area contributed by atoms with Gasteiger partial charge >= 0.3 is 6.18 Å². The predicted molar refractivity (Wildman–Crippen MR) is 67.9 cm³/mol. The molecule has 0 fully saturated rings. The molecule has 1 unspecified atom stereocenters. The van der Waals surface area contributed by atoms with Crippen LogP contribution in [-0.2, 0) is 10.5 Å². The standard InChI is InChI=1S/C13H14F3N3O2/c1-8(2)11(20)19-12(21,9-4-3-5-17-7-9)6-10(18-19)13(14,15)16/h3-5,7-8,21H,6H2,1-2H3. The number of hydrogen-bond donors (Lipinski definition) is 1. The minimum absolute atomic E-state index is 0.0852. The molecule has 1 aromatic heterocycles. The van der Waals surface area contributed by atoms with Gasteiger partial charge in [-0.1, -0.05) is 19.9 Å². The highest BCUT2D eigenvalue weighted by atomic mass is 19.4. The summed E-state index contributed by atoms with van der Waals surface area (Å²) in [4.78, 5) is 15.8. The molecule has 0 saturated heterocycles. The van der Waals surface area contributed by atoms with Crippen LogP contribution in [0.1, 0.15) is 25.8 Å². The Bertz CT molecular complexity index is 572. The average molecular weight is 301 g/mol. The van der Waals surface area contributed by atoms with Crippen LogP contribution in [0.15, 0.2) is 29.6 Å². The molecule has 114 valence electrons. The third-order valence-electron chi connectivity index (χ3n) is 3.14. The van der Waals surface area contributed by atoms with Crippen molar-refractivity contribution in [3.63, 3.8) is 0 Å². The third-order valence-corrected chi connectivity index (χ3v) is 3.14. The third kappa shape index (κ3) is 2.76. The zero-order valence-corrected chi connectivity index (χ0v) is 11.4. The summed E-state index contributed by atoms with van der Waals surface area (Å²) in [6, 6.07) is 2.87. The first-order chi connectivity index (χ1) is 9.66. The molecule has 0 aromatic carbocycles. The first kappa shape index (κ1) is 15.4. The molecule has 1 amide bonds. The Kier molecular flexibility index (Phi) is 3.75. The van der Waals surface area contributed by atoms with E-state index >= 15 is 0 Å². The lowest BCUT2D eigenvalue weighted by Crippen LogP contribution is -2.45. The first-order valence-electron chi connectivity index (χ1n) is 6.28. The number of carbonyl (C=O) groups excluding carboxylic acids is 1. The zero-order chi connectivity index (χ0) is 15.8. The van der Waals surface area contributed by atoms with E-state index in [1.165, 1.54) is 38.4 Å². The Labute approximate surface area is 119 Å². The van der Waals surface area contributed by atoms with Gasteiger partial charge in [-0.2, -0.15) is 23.3 Å². The number of halogens is 3. The number of hydrazone groups is 1. The largest absolute Gasteiger partial charge is 0.431 e. The lowest BCUT2D eigenvalue weighted by Gasteiger charge is -2.32. The second-order valence-corrected chi connectivity index (χ2v) is 5.08. The van der Waals surface area contributed by atoms with E-state index in [1.807, 2.05) is 0 Å². The molecule has 1 aliphatic rings. The maximum Gasteiger partial charge on any atom is 0.431 e. The summed E-state index contributed by atoms with van der Waals surface area (Å²) in [5, 5.41) is 14.4. The molecular weight excluding hydrogens is 287 g/mol. The van der Waals surface area contributed by atoms with E-state index in [4.69, 9.17) is 0 Å². The Morgan fingerprint density at radius 3 is 2.62 bits per heavy atom. The smallest absolute Gasteiger partial charge is 0.365 e. The number of aliphatic hydroxyl groups is 1. The first-order valence-corrected chi connectivity index (χ1v) is 6.28. The van der Waals surface area contributed by atoms with Crippen molar-refractivity contribution in [1.82, 2.24) is 9.99 Å². The molecule has 0 aliphatic carbocycles. The molecule has 1 N–H and O–H groups in total. The van der Waals surface area contributed by atoms with E-state index in [2.05, 4.69) is 10.1 Å². The fourth-order valence-corrected chi connectivity index (χ4v) is 2.00. The summed E-state index contributed by atoms with van der Waals surface area (Å²) in [5.74, 6) is -1.30. The van der Waals surface area contributed by atoms with Gasteiger partial charge in [0.25, 0.3) is 0 Å². The Morgan fingerprint density at radius 2 is 2.14 bits per heavy atom. The molecule has 2 rings (SSSR count). The number of rotatable bonds is 2. The Morgan fingerprint density at radius 1 is 1.48 bits per heavy atom. The summed E-state index contributed by atoms with van der Waals surface area (Å²) in [6.45, 7) is 3.04. The van der Waals surface area contributed by atoms with E-state index in [0.717, 1.165) is 0 Å². The summed E-state index contributed by atoms with van der Waals surface area (Å²) in [6.07, 6.45) is -2.89. The van der Waals surface area contributed by atoms with Crippen molar-refractivity contribution in [2.24, 2.45) is 11.0 Å². The number of pyridine rings is 1. The summed E-state index contributed by atoms with van der Waals surface area (Å²) in [5.41, 5.74) is -3.27. The molecule has 21 heavy (non-hydrogen) atoms. The molecule has 1 atom stereocenters. The fourth-order valence-electron chi connectivity index (χ4n) is 2.00. The van der Waals surface area contributed by atoms with Crippen molar-refractivity contribution in [2.75, 3.05) is 0 Å². The van der Waals surface area contributed by atoms with Gasteiger partial charge in [0, 0.05) is 23.9 Å². The van der Waals surface area contributed by atoms with Gasteiger partial charge in [-0.15, -0.1) is 0 Å². The van der Waals surface area contributed by atoms with E-state index < -0.39 is 35.9 Å². The van der Waals surface area contributed by atoms with Crippen LogP contribution < -0.4 is 0 Å². The van der Waals surface area contributed by atoms with E-state index in [9.17, 15) is 23.1 Å². The van der Waals surface area contributed by atoms with Crippen LogP contribution in [-0.4, -0.2) is 32.9 Å². The van der Waals surface area contributed by atoms with Crippen molar-refractivity contribution >= 4 is 11.6 Å². The second kappa shape index (κ2) is 5.10. The molecule has 5 nitrogen and oxygen atoms in total. The highest BCUT2D eigenvalue weighted by Gasteiger charge is 2.53. The van der Waals surface area contributed by atoms with Gasteiger partial charge in [-0.05, 0) is 6.07 Å². The maximum absolute atomic E-state index is 12.9. The van der Waals surface area contributed by atoms with Crippen LogP contribution in [0.2, 0.25) is 0 Å². The number of amides is 1. The maximum atomic E-state index is 12.9. The molecule has 2 heterocycles. The molecular formula is C13H14F3N3O2. The van der Waals surface area contributed by atoms with E-state index in [-0.39, 0.29) is 5.56 Å². The molecule has 1 aliphatic heterocycles. The highest BCUT2D eigenvalue weighted by molar-refractivity contribution is 5.94. The van der Waals surface area contributed by atoms with Crippen molar-refractivity contribution in [3.05, 3.63) is 30.1 Å². The molecule has 0 radical (unpaired) electrons. The van der Waals surface area contributed by atoms with Gasteiger partial charge < -0.3 is 5.11 Å². The number of alkyl halides is 3. The molecule has 1 aromatic rings. The quantitative estimate of drug-likeness (QED) is 0.909. The minimum atomic E-state index is -4.71. The Hall–Kier alpha value is -1.96. The summed E-state index contributed by atoms with van der Waals surface area (Å²) in [7, 11) is 0. The van der Waals surface area contributed by atoms with Gasteiger partial charge in [0.2, 0.25) is 5.91 Å². The fraction of sp³-hybridized carbons (Fsp3) is 0.462. The average Bonchev–Trinajstić information content (AvgIpc) is 2.78. The van der Waals surface area contributed by atoms with Gasteiger partial charge in [0.15, 0.2) is 5.72 Å². The van der Waals surface area contributed by atoms with Crippen LogP contribution in [0.4, 0.5) is 13.2 Å². The van der Waals surface area contributed by atoms with E-state index in [0.29, 0.717) is 5.01 Å². The van der Waals surface area contributed by atoms with Crippen molar-refractivity contribution in [1.29, 1.82) is 0 Å². The Balaban J connectivity index is 2.48. The summed E-state index contributed by atoms with van der Waals surface area (Å²) >= 11 is 0. The van der Waals surface area contributed by atoms with Crippen LogP contribution >= 0.6 is 0 Å². The number of hydrogen-bond acceptors (Lipinski definition) is 4. The molecule has 0 spiro atoms. The van der Waals surface area contributed by atoms with Crippen molar-refractivity contribution in [3.8, 4) is 0 Å². The monoisotopic (exact) mass is 301 g/mol. The van der Waals surface area contributed by atoms with Crippen molar-refractivity contribution < 1.29 is 23.1 Å². The number of carbonyl (C=O) groups is 1. The number of nitrogens with zero attached hydrogens (tertiary/aromatic N) is 3. The van der Waals surface area contributed by atoms with Crippen LogP contribution in [0, 0.1) is 5.92 Å². The van der Waals surface area contributed by atoms with Gasteiger partial charge in [0.05, 0.1) is 6.42 Å². The molecule has 0 bridgehead atoms. The zero-order valence-electron chi connectivity index (χ0n) is 11.4. The highest BCUT2D eigenvalue weighted by Crippen LogP contribution is 2.39. The minimum Gasteiger partial charge on any atom is -0.365 e. The second-order valence-electron chi connectivity index (χ2n) is 5.08. The SMILES string of the molecule is CC(C)C(=O)N1N=C(C(F)(F)F)CC1(O)c1cccnc1. The van der Waals surface area contributed by atoms with Gasteiger partial charge in [0.1, 0.15) is 5.71 Å². The van der Waals surface area contributed by atoms with Crippen LogP contribution in [0.5, 0.6) is 0 Å². The normalized spacial score (nSPS) is 22.6. The van der Waals surface area contributed by atoms with E-state index in [1.54, 1.807) is 0 Å². The summed E-state index contributed by atoms with van der Waals surface area (Å²) < 4.78 is 38.6. The van der Waals surface area contributed by atoms with Crippen LogP contribution in [0.25, 0.3) is 0 Å². The van der Waals surface area contributed by atoms with Gasteiger partial charge in [-0.3, -0.25) is 9.78 Å². The van der Waals surface area contributed by atoms with Crippen molar-refractivity contribution in [2.45, 2.75) is 32.2 Å². The predicted octanol–water partition coefficient (Wildman–Crippen LogP) is 2.03. The molecule has 0 saturated carbocycles. The molecule has 8 heteroatoms. The topological polar surface area (TPSA) is 65.8 Å². The van der Waals surface area contributed by atoms with Crippen LogP contribution in [0.3, 0.4) is 0 Å². The lowest BCUT2D eigenvalue weighted by atomic mass is 9.98. The number of aromatic nitrogens is 1. The lowest BCUT2D eigenvalue weighted by molar-refractivity contribution is -0.161.